The summed E-state index contributed by atoms with van der Waals surface area (Å²) in [5, 5.41) is 13.5. The third-order valence-electron chi connectivity index (χ3n) is 4.19. The molecule has 0 amide bonds. The van der Waals surface area contributed by atoms with Crippen molar-refractivity contribution in [3.05, 3.63) is 17.0 Å². The number of carbonyl (C=O) groups is 1. The molecule has 0 bridgehead atoms. The van der Waals surface area contributed by atoms with Gasteiger partial charge < -0.3 is 10.4 Å². The summed E-state index contributed by atoms with van der Waals surface area (Å²) >= 11 is 1.44. The summed E-state index contributed by atoms with van der Waals surface area (Å²) in [5.74, 6) is -0.0852. The van der Waals surface area contributed by atoms with Gasteiger partial charge >= 0.3 is 5.97 Å². The van der Waals surface area contributed by atoms with Crippen molar-refractivity contribution in [3.63, 3.8) is 0 Å². The maximum Gasteiger partial charge on any atom is 0.325 e. The molecular formula is C15H23N3O2S. The average Bonchev–Trinajstić information content (AvgIpc) is 3.25. The minimum atomic E-state index is -0.852. The molecule has 1 aromatic rings. The standard InChI is InChI=1S/C15H23N3O2S/c1-5-16-15(13(19)20,12-6-7-12)8-21-14-17-10(3)9(2)11(4)18-14/h12,16H,5-8H2,1-4H3,(H,19,20). The van der Waals surface area contributed by atoms with Crippen molar-refractivity contribution in [2.24, 2.45) is 5.92 Å². The van der Waals surface area contributed by atoms with Crippen molar-refractivity contribution >= 4 is 17.7 Å². The van der Waals surface area contributed by atoms with Crippen LogP contribution in [-0.4, -0.2) is 38.9 Å². The van der Waals surface area contributed by atoms with Crippen molar-refractivity contribution in [2.75, 3.05) is 12.3 Å². The largest absolute Gasteiger partial charge is 0.480 e. The van der Waals surface area contributed by atoms with Gasteiger partial charge in [-0.2, -0.15) is 0 Å². The Hall–Kier alpha value is -1.14. The van der Waals surface area contributed by atoms with E-state index in [1.807, 2.05) is 27.7 Å². The summed E-state index contributed by atoms with van der Waals surface area (Å²) in [4.78, 5) is 20.7. The fourth-order valence-corrected chi connectivity index (χ4v) is 3.72. The van der Waals surface area contributed by atoms with Gasteiger partial charge in [0.25, 0.3) is 0 Å². The van der Waals surface area contributed by atoms with Crippen LogP contribution in [0.25, 0.3) is 0 Å². The Balaban J connectivity index is 2.17. The van der Waals surface area contributed by atoms with Crippen LogP contribution in [0.2, 0.25) is 0 Å². The lowest BCUT2D eigenvalue weighted by molar-refractivity contribution is -0.144. The number of hydrogen-bond donors (Lipinski definition) is 2. The van der Waals surface area contributed by atoms with Crippen molar-refractivity contribution in [3.8, 4) is 0 Å². The van der Waals surface area contributed by atoms with E-state index in [0.29, 0.717) is 17.5 Å². The van der Waals surface area contributed by atoms with E-state index in [4.69, 9.17) is 0 Å². The molecule has 1 aromatic heterocycles. The summed E-state index contributed by atoms with van der Waals surface area (Å²) < 4.78 is 0. The van der Waals surface area contributed by atoms with Crippen molar-refractivity contribution in [1.82, 2.24) is 15.3 Å². The highest BCUT2D eigenvalue weighted by Crippen LogP contribution is 2.42. The summed E-state index contributed by atoms with van der Waals surface area (Å²) in [6.45, 7) is 8.52. The predicted octanol–water partition coefficient (Wildman–Crippen LogP) is 2.34. The molecule has 1 heterocycles. The highest BCUT2D eigenvalue weighted by molar-refractivity contribution is 7.99. The minimum Gasteiger partial charge on any atom is -0.480 e. The molecule has 1 saturated carbocycles. The number of thioether (sulfide) groups is 1. The lowest BCUT2D eigenvalue weighted by atomic mass is 9.96. The number of hydrogen-bond acceptors (Lipinski definition) is 5. The number of aromatic nitrogens is 2. The SMILES string of the molecule is CCNC(CSc1nc(C)c(C)c(C)n1)(C(=O)O)C1CC1. The van der Waals surface area contributed by atoms with Gasteiger partial charge in [0.15, 0.2) is 5.16 Å². The first-order chi connectivity index (χ1) is 9.90. The van der Waals surface area contributed by atoms with E-state index in [2.05, 4.69) is 15.3 Å². The first kappa shape index (κ1) is 16.2. The molecule has 0 spiro atoms. The third kappa shape index (κ3) is 3.37. The molecule has 1 aliphatic carbocycles. The molecule has 21 heavy (non-hydrogen) atoms. The van der Waals surface area contributed by atoms with Gasteiger partial charge in [0.05, 0.1) is 0 Å². The van der Waals surface area contributed by atoms with E-state index in [0.717, 1.165) is 29.8 Å². The monoisotopic (exact) mass is 309 g/mol. The highest BCUT2D eigenvalue weighted by atomic mass is 32.2. The van der Waals surface area contributed by atoms with Crippen molar-refractivity contribution in [1.29, 1.82) is 0 Å². The number of likely N-dealkylation sites (N-methyl/N-ethyl adjacent to an activating group) is 1. The summed E-state index contributed by atoms with van der Waals surface area (Å²) in [7, 11) is 0. The molecule has 1 aliphatic rings. The Bertz CT molecular complexity index is 523. The highest BCUT2D eigenvalue weighted by Gasteiger charge is 2.50. The topological polar surface area (TPSA) is 75.1 Å². The first-order valence-corrected chi connectivity index (χ1v) is 8.32. The van der Waals surface area contributed by atoms with Crippen LogP contribution in [0.15, 0.2) is 5.16 Å². The number of nitrogens with zero attached hydrogens (tertiary/aromatic N) is 2. The molecule has 0 aromatic carbocycles. The Morgan fingerprint density at radius 3 is 2.33 bits per heavy atom. The maximum atomic E-state index is 11.8. The van der Waals surface area contributed by atoms with Gasteiger partial charge in [0.1, 0.15) is 5.54 Å². The molecule has 2 rings (SSSR count). The van der Waals surface area contributed by atoms with Gasteiger partial charge in [-0.3, -0.25) is 4.79 Å². The lowest BCUT2D eigenvalue weighted by Gasteiger charge is -2.29. The second-order valence-corrected chi connectivity index (χ2v) is 6.61. The maximum absolute atomic E-state index is 11.8. The first-order valence-electron chi connectivity index (χ1n) is 7.33. The molecule has 1 atom stereocenters. The second-order valence-electron chi connectivity index (χ2n) is 5.67. The van der Waals surface area contributed by atoms with Crippen LogP contribution in [0.4, 0.5) is 0 Å². The zero-order valence-electron chi connectivity index (χ0n) is 13.1. The number of carboxylic acid groups (broad SMARTS) is 1. The fourth-order valence-electron chi connectivity index (χ4n) is 2.50. The molecule has 116 valence electrons. The van der Waals surface area contributed by atoms with Gasteiger partial charge in [-0.05, 0) is 51.6 Å². The summed E-state index contributed by atoms with van der Waals surface area (Å²) in [5.41, 5.74) is 2.16. The predicted molar refractivity (Wildman–Crippen MR) is 83.7 cm³/mol. The lowest BCUT2D eigenvalue weighted by Crippen LogP contribution is -2.56. The van der Waals surface area contributed by atoms with Gasteiger partial charge in [0, 0.05) is 17.1 Å². The zero-order valence-corrected chi connectivity index (χ0v) is 13.9. The Labute approximate surface area is 130 Å². The van der Waals surface area contributed by atoms with E-state index < -0.39 is 11.5 Å². The molecule has 1 unspecified atom stereocenters. The quantitative estimate of drug-likeness (QED) is 0.595. The van der Waals surface area contributed by atoms with Crippen LogP contribution < -0.4 is 5.32 Å². The van der Waals surface area contributed by atoms with Crippen LogP contribution in [0, 0.1) is 26.7 Å². The Morgan fingerprint density at radius 2 is 1.90 bits per heavy atom. The van der Waals surface area contributed by atoms with Crippen LogP contribution in [0.5, 0.6) is 0 Å². The Morgan fingerprint density at radius 1 is 1.33 bits per heavy atom. The van der Waals surface area contributed by atoms with Crippen molar-refractivity contribution in [2.45, 2.75) is 51.2 Å². The van der Waals surface area contributed by atoms with E-state index in [-0.39, 0.29) is 5.92 Å². The molecular weight excluding hydrogens is 286 g/mol. The number of aryl methyl sites for hydroxylation is 2. The van der Waals surface area contributed by atoms with E-state index in [9.17, 15) is 9.90 Å². The normalized spacial score (nSPS) is 17.5. The van der Waals surface area contributed by atoms with Crippen LogP contribution in [-0.2, 0) is 4.79 Å². The van der Waals surface area contributed by atoms with Gasteiger partial charge in [-0.1, -0.05) is 18.7 Å². The molecule has 2 N–H and O–H groups in total. The average molecular weight is 309 g/mol. The third-order valence-corrected chi connectivity index (χ3v) is 5.23. The number of aliphatic carboxylic acids is 1. The molecule has 5 nitrogen and oxygen atoms in total. The van der Waals surface area contributed by atoms with E-state index in [1.54, 1.807) is 0 Å². The number of carboxylic acids is 1. The number of nitrogens with one attached hydrogen (secondary N) is 1. The summed E-state index contributed by atoms with van der Waals surface area (Å²) in [6, 6.07) is 0. The van der Waals surface area contributed by atoms with Crippen LogP contribution in [0.3, 0.4) is 0 Å². The molecule has 0 aliphatic heterocycles. The van der Waals surface area contributed by atoms with Gasteiger partial charge in [0.2, 0.25) is 0 Å². The minimum absolute atomic E-state index is 0.218. The van der Waals surface area contributed by atoms with E-state index >= 15 is 0 Å². The zero-order chi connectivity index (χ0) is 15.6. The van der Waals surface area contributed by atoms with Gasteiger partial charge in [-0.25, -0.2) is 9.97 Å². The van der Waals surface area contributed by atoms with Crippen molar-refractivity contribution < 1.29 is 9.90 Å². The van der Waals surface area contributed by atoms with Crippen LogP contribution in [0.1, 0.15) is 36.7 Å². The fraction of sp³-hybridized carbons (Fsp3) is 0.667. The molecule has 6 heteroatoms. The summed E-state index contributed by atoms with van der Waals surface area (Å²) in [6.07, 6.45) is 1.96. The molecule has 1 fully saturated rings. The second kappa shape index (κ2) is 6.32. The Kier molecular flexibility index (Phi) is 4.88. The molecule has 0 radical (unpaired) electrons. The van der Waals surface area contributed by atoms with Crippen LogP contribution >= 0.6 is 11.8 Å². The number of rotatable bonds is 7. The van der Waals surface area contributed by atoms with Gasteiger partial charge in [-0.15, -0.1) is 0 Å². The molecule has 0 saturated heterocycles. The smallest absolute Gasteiger partial charge is 0.325 e. The van der Waals surface area contributed by atoms with E-state index in [1.165, 1.54) is 11.8 Å².